The fourth-order valence-corrected chi connectivity index (χ4v) is 3.12. The molecule has 0 unspecified atom stereocenters. The topological polar surface area (TPSA) is 51.2 Å². The van der Waals surface area contributed by atoms with Crippen LogP contribution in [0.5, 0.6) is 5.75 Å². The average Bonchev–Trinajstić information content (AvgIpc) is 2.52. The molecule has 0 aliphatic heterocycles. The molecule has 1 heterocycles. The summed E-state index contributed by atoms with van der Waals surface area (Å²) in [7, 11) is 0. The summed E-state index contributed by atoms with van der Waals surface area (Å²) >= 11 is 0. The van der Waals surface area contributed by atoms with E-state index in [4.69, 9.17) is 4.74 Å². The van der Waals surface area contributed by atoms with Gasteiger partial charge < -0.3 is 10.1 Å². The molecular weight excluding hydrogens is 288 g/mol. The lowest BCUT2D eigenvalue weighted by Gasteiger charge is -2.18. The molecule has 1 amide bonds. The number of carbonyl (C=O) groups is 1. The minimum absolute atomic E-state index is 0.0173. The summed E-state index contributed by atoms with van der Waals surface area (Å²) in [5.74, 6) is 0.654. The third-order valence-corrected chi connectivity index (χ3v) is 4.06. The number of pyridine rings is 1. The monoisotopic (exact) mass is 310 g/mol. The molecule has 2 aromatic rings. The SMILES string of the molecule is Cc1cc(C)cc(NC(=O)COc2ccnc3c2CCCC3)c1. The number of fused-ring (bicyclic) bond motifs is 1. The van der Waals surface area contributed by atoms with Crippen LogP contribution in [0.2, 0.25) is 0 Å². The number of aromatic nitrogens is 1. The van der Waals surface area contributed by atoms with Gasteiger partial charge in [0.1, 0.15) is 5.75 Å². The van der Waals surface area contributed by atoms with E-state index in [-0.39, 0.29) is 12.5 Å². The zero-order valence-corrected chi connectivity index (χ0v) is 13.7. The number of hydrogen-bond acceptors (Lipinski definition) is 3. The molecule has 0 fully saturated rings. The van der Waals surface area contributed by atoms with Crippen LogP contribution in [0.1, 0.15) is 35.2 Å². The second kappa shape index (κ2) is 6.82. The Morgan fingerprint density at radius 2 is 1.91 bits per heavy atom. The smallest absolute Gasteiger partial charge is 0.262 e. The molecule has 3 rings (SSSR count). The maximum absolute atomic E-state index is 12.1. The van der Waals surface area contributed by atoms with Gasteiger partial charge in [-0.05, 0) is 68.9 Å². The van der Waals surface area contributed by atoms with Crippen LogP contribution >= 0.6 is 0 Å². The molecule has 1 aromatic carbocycles. The third kappa shape index (κ3) is 3.89. The van der Waals surface area contributed by atoms with Crippen LogP contribution in [0.4, 0.5) is 5.69 Å². The Kier molecular flexibility index (Phi) is 4.60. The van der Waals surface area contributed by atoms with Gasteiger partial charge in [-0.25, -0.2) is 0 Å². The van der Waals surface area contributed by atoms with Crippen molar-refractivity contribution in [3.05, 3.63) is 52.8 Å². The van der Waals surface area contributed by atoms with E-state index in [0.29, 0.717) is 0 Å². The first-order valence-corrected chi connectivity index (χ1v) is 8.09. The van der Waals surface area contributed by atoms with E-state index in [0.717, 1.165) is 53.1 Å². The van der Waals surface area contributed by atoms with Gasteiger partial charge >= 0.3 is 0 Å². The average molecular weight is 310 g/mol. The summed E-state index contributed by atoms with van der Waals surface area (Å²) in [5, 5.41) is 2.89. The standard InChI is InChI=1S/C19H22N2O2/c1-13-9-14(2)11-15(10-13)21-19(22)12-23-18-7-8-20-17-6-4-3-5-16(17)18/h7-11H,3-6,12H2,1-2H3,(H,21,22). The Labute approximate surface area is 136 Å². The maximum atomic E-state index is 12.1. The maximum Gasteiger partial charge on any atom is 0.262 e. The van der Waals surface area contributed by atoms with Crippen molar-refractivity contribution in [1.82, 2.24) is 4.98 Å². The van der Waals surface area contributed by atoms with Gasteiger partial charge in [0.15, 0.2) is 6.61 Å². The molecule has 23 heavy (non-hydrogen) atoms. The van der Waals surface area contributed by atoms with Gasteiger partial charge in [0.25, 0.3) is 5.91 Å². The molecule has 0 bridgehead atoms. The lowest BCUT2D eigenvalue weighted by molar-refractivity contribution is -0.118. The number of anilines is 1. The molecule has 1 aliphatic carbocycles. The fourth-order valence-electron chi connectivity index (χ4n) is 3.12. The number of amides is 1. The summed E-state index contributed by atoms with van der Waals surface area (Å²) in [6.45, 7) is 4.05. The van der Waals surface area contributed by atoms with Gasteiger partial charge in [-0.2, -0.15) is 0 Å². The Morgan fingerprint density at radius 1 is 1.17 bits per heavy atom. The highest BCUT2D eigenvalue weighted by Crippen LogP contribution is 2.27. The Morgan fingerprint density at radius 3 is 2.70 bits per heavy atom. The van der Waals surface area contributed by atoms with Crippen LogP contribution in [0.15, 0.2) is 30.5 Å². The molecule has 4 heteroatoms. The quantitative estimate of drug-likeness (QED) is 0.939. The van der Waals surface area contributed by atoms with Crippen LogP contribution < -0.4 is 10.1 Å². The molecule has 4 nitrogen and oxygen atoms in total. The van der Waals surface area contributed by atoms with Crippen molar-refractivity contribution < 1.29 is 9.53 Å². The van der Waals surface area contributed by atoms with Crippen LogP contribution in [0.3, 0.4) is 0 Å². The highest BCUT2D eigenvalue weighted by atomic mass is 16.5. The lowest BCUT2D eigenvalue weighted by Crippen LogP contribution is -2.21. The minimum Gasteiger partial charge on any atom is -0.483 e. The number of carbonyl (C=O) groups excluding carboxylic acids is 1. The fraction of sp³-hybridized carbons (Fsp3) is 0.368. The molecule has 1 aliphatic rings. The molecular formula is C19H22N2O2. The van der Waals surface area contributed by atoms with Gasteiger partial charge in [-0.3, -0.25) is 9.78 Å². The van der Waals surface area contributed by atoms with Crippen molar-refractivity contribution in [2.45, 2.75) is 39.5 Å². The van der Waals surface area contributed by atoms with Crippen molar-refractivity contribution in [2.75, 3.05) is 11.9 Å². The van der Waals surface area contributed by atoms with Crippen LogP contribution in [0, 0.1) is 13.8 Å². The van der Waals surface area contributed by atoms with E-state index in [1.807, 2.05) is 32.0 Å². The second-order valence-electron chi connectivity index (χ2n) is 6.15. The zero-order valence-electron chi connectivity index (χ0n) is 13.7. The predicted octanol–water partition coefficient (Wildman–Crippen LogP) is 3.59. The molecule has 1 aromatic heterocycles. The zero-order chi connectivity index (χ0) is 16.2. The summed E-state index contributed by atoms with van der Waals surface area (Å²) in [5.41, 5.74) is 5.35. The van der Waals surface area contributed by atoms with E-state index >= 15 is 0 Å². The number of hydrogen-bond donors (Lipinski definition) is 1. The van der Waals surface area contributed by atoms with Crippen molar-refractivity contribution in [3.63, 3.8) is 0 Å². The first-order valence-electron chi connectivity index (χ1n) is 8.09. The third-order valence-electron chi connectivity index (χ3n) is 4.06. The summed E-state index contributed by atoms with van der Waals surface area (Å²) in [4.78, 5) is 16.5. The van der Waals surface area contributed by atoms with Crippen molar-refractivity contribution in [1.29, 1.82) is 0 Å². The Bertz CT molecular complexity index is 705. The number of nitrogens with one attached hydrogen (secondary N) is 1. The number of aryl methyl sites for hydroxylation is 3. The van der Waals surface area contributed by atoms with Gasteiger partial charge in [0, 0.05) is 23.1 Å². The number of rotatable bonds is 4. The molecule has 120 valence electrons. The molecule has 0 saturated carbocycles. The minimum atomic E-state index is -0.142. The van der Waals surface area contributed by atoms with E-state index in [9.17, 15) is 4.79 Å². The first kappa shape index (κ1) is 15.5. The Balaban J connectivity index is 1.63. The van der Waals surface area contributed by atoms with Gasteiger partial charge in [0.05, 0.1) is 0 Å². The molecule has 0 atom stereocenters. The predicted molar refractivity (Wildman–Crippen MR) is 90.9 cm³/mol. The van der Waals surface area contributed by atoms with E-state index in [2.05, 4.69) is 16.4 Å². The highest BCUT2D eigenvalue weighted by molar-refractivity contribution is 5.92. The summed E-state index contributed by atoms with van der Waals surface area (Å²) in [6, 6.07) is 7.85. The molecule has 1 N–H and O–H groups in total. The van der Waals surface area contributed by atoms with E-state index in [1.165, 1.54) is 6.42 Å². The number of benzene rings is 1. The second-order valence-corrected chi connectivity index (χ2v) is 6.15. The summed E-state index contributed by atoms with van der Waals surface area (Å²) in [6.07, 6.45) is 6.08. The van der Waals surface area contributed by atoms with E-state index in [1.54, 1.807) is 6.20 Å². The van der Waals surface area contributed by atoms with Crippen molar-refractivity contribution in [3.8, 4) is 5.75 Å². The summed E-state index contributed by atoms with van der Waals surface area (Å²) < 4.78 is 5.75. The normalized spacial score (nSPS) is 13.3. The largest absolute Gasteiger partial charge is 0.483 e. The first-order chi connectivity index (χ1) is 11.1. The Hall–Kier alpha value is -2.36. The van der Waals surface area contributed by atoms with Crippen LogP contribution in [-0.4, -0.2) is 17.5 Å². The molecule has 0 radical (unpaired) electrons. The van der Waals surface area contributed by atoms with Crippen molar-refractivity contribution >= 4 is 11.6 Å². The molecule has 0 spiro atoms. The van der Waals surface area contributed by atoms with Gasteiger partial charge in [-0.15, -0.1) is 0 Å². The highest BCUT2D eigenvalue weighted by Gasteiger charge is 2.16. The van der Waals surface area contributed by atoms with Crippen LogP contribution in [0.25, 0.3) is 0 Å². The number of ether oxygens (including phenoxy) is 1. The van der Waals surface area contributed by atoms with E-state index < -0.39 is 0 Å². The van der Waals surface area contributed by atoms with Gasteiger partial charge in [0.2, 0.25) is 0 Å². The molecule has 0 saturated heterocycles. The lowest BCUT2D eigenvalue weighted by atomic mass is 9.95. The van der Waals surface area contributed by atoms with Crippen molar-refractivity contribution in [2.24, 2.45) is 0 Å². The number of nitrogens with zero attached hydrogens (tertiary/aromatic N) is 1. The van der Waals surface area contributed by atoms with Crippen LogP contribution in [-0.2, 0) is 17.6 Å². The van der Waals surface area contributed by atoms with Gasteiger partial charge in [-0.1, -0.05) is 6.07 Å².